The van der Waals surface area contributed by atoms with Crippen LogP contribution in [0.1, 0.15) is 22.3 Å². The Morgan fingerprint density at radius 1 is 1.16 bits per heavy atom. The zero-order chi connectivity index (χ0) is 17.9. The fourth-order valence-electron chi connectivity index (χ4n) is 2.69. The number of benzene rings is 2. The van der Waals surface area contributed by atoms with E-state index in [4.69, 9.17) is 16.3 Å². The number of ether oxygens (including phenoxy) is 1. The molecule has 0 aliphatic carbocycles. The van der Waals surface area contributed by atoms with Gasteiger partial charge in [0.25, 0.3) is 5.91 Å². The lowest BCUT2D eigenvalue weighted by molar-refractivity contribution is 0.0936. The molecule has 7 heteroatoms. The summed E-state index contributed by atoms with van der Waals surface area (Å²) in [7, 11) is -3.04. The van der Waals surface area contributed by atoms with Crippen molar-refractivity contribution in [1.29, 1.82) is 0 Å². The highest BCUT2D eigenvalue weighted by molar-refractivity contribution is 7.91. The number of sulfone groups is 1. The van der Waals surface area contributed by atoms with Crippen LogP contribution < -0.4 is 10.1 Å². The number of para-hydroxylation sites is 1. The molecule has 1 N–H and O–H groups in total. The molecular formula is C18H18ClNO4S. The molecular weight excluding hydrogens is 362 g/mol. The molecule has 1 amide bonds. The van der Waals surface area contributed by atoms with Crippen LogP contribution in [0.5, 0.6) is 5.75 Å². The summed E-state index contributed by atoms with van der Waals surface area (Å²) in [4.78, 5) is 12.5. The normalized spacial score (nSPS) is 18.7. The van der Waals surface area contributed by atoms with Crippen molar-refractivity contribution in [3.05, 3.63) is 64.7 Å². The van der Waals surface area contributed by atoms with Gasteiger partial charge in [-0.05, 0) is 36.2 Å². The predicted molar refractivity (Wildman–Crippen MR) is 96.8 cm³/mol. The number of hydrogen-bond donors (Lipinski definition) is 1. The second-order valence-corrected chi connectivity index (χ2v) is 8.65. The molecule has 1 fully saturated rings. The van der Waals surface area contributed by atoms with Gasteiger partial charge in [0.1, 0.15) is 12.4 Å². The minimum absolute atomic E-state index is 0.00740. The topological polar surface area (TPSA) is 72.5 Å². The van der Waals surface area contributed by atoms with Crippen LogP contribution in [-0.4, -0.2) is 31.9 Å². The van der Waals surface area contributed by atoms with Gasteiger partial charge in [-0.15, -0.1) is 0 Å². The Bertz CT molecular complexity index is 865. The van der Waals surface area contributed by atoms with Crippen LogP contribution in [0.15, 0.2) is 48.5 Å². The Morgan fingerprint density at radius 3 is 2.56 bits per heavy atom. The van der Waals surface area contributed by atoms with Gasteiger partial charge in [-0.3, -0.25) is 4.79 Å². The maximum Gasteiger partial charge on any atom is 0.255 e. The largest absolute Gasteiger partial charge is 0.488 e. The summed E-state index contributed by atoms with van der Waals surface area (Å²) in [5.41, 5.74) is 1.32. The molecule has 0 spiro atoms. The van der Waals surface area contributed by atoms with Crippen LogP contribution in [0.2, 0.25) is 5.02 Å². The molecule has 132 valence electrons. The molecule has 3 rings (SSSR count). The van der Waals surface area contributed by atoms with Crippen LogP contribution in [0.4, 0.5) is 0 Å². The maximum atomic E-state index is 12.5. The Kier molecular flexibility index (Phi) is 5.30. The Labute approximate surface area is 151 Å². The molecule has 2 aromatic carbocycles. The highest BCUT2D eigenvalue weighted by atomic mass is 35.5. The van der Waals surface area contributed by atoms with Crippen molar-refractivity contribution in [3.8, 4) is 5.75 Å². The van der Waals surface area contributed by atoms with Gasteiger partial charge in [0.15, 0.2) is 9.84 Å². The number of hydrogen-bond acceptors (Lipinski definition) is 4. The number of amides is 1. The van der Waals surface area contributed by atoms with E-state index < -0.39 is 9.84 Å². The second-order valence-electron chi connectivity index (χ2n) is 5.98. The summed E-state index contributed by atoms with van der Waals surface area (Å²) in [6.45, 7) is 0.305. The molecule has 0 bridgehead atoms. The fraction of sp³-hybridized carbons (Fsp3) is 0.278. The molecule has 5 nitrogen and oxygen atoms in total. The molecule has 0 unspecified atom stereocenters. The van der Waals surface area contributed by atoms with Gasteiger partial charge in [-0.25, -0.2) is 8.42 Å². The highest BCUT2D eigenvalue weighted by Crippen LogP contribution is 2.21. The molecule has 1 aliphatic rings. The van der Waals surface area contributed by atoms with Gasteiger partial charge in [-0.2, -0.15) is 0 Å². The minimum Gasteiger partial charge on any atom is -0.488 e. The predicted octanol–water partition coefficient (Wildman–Crippen LogP) is 2.84. The zero-order valence-electron chi connectivity index (χ0n) is 13.4. The molecule has 2 aromatic rings. The third-order valence-corrected chi connectivity index (χ3v) is 6.03. The number of carbonyl (C=O) groups is 1. The standard InChI is InChI=1S/C18H18ClNO4S/c19-14-7-5-13(6-8-14)11-24-17-4-2-1-3-16(17)18(21)20-15-9-10-25(22,23)12-15/h1-8,15H,9-12H2,(H,20,21)/t15-/m0/s1. The quantitative estimate of drug-likeness (QED) is 0.867. The zero-order valence-corrected chi connectivity index (χ0v) is 15.0. The van der Waals surface area contributed by atoms with Crippen LogP contribution in [0, 0.1) is 0 Å². The fourth-order valence-corrected chi connectivity index (χ4v) is 4.49. The molecule has 1 saturated heterocycles. The highest BCUT2D eigenvalue weighted by Gasteiger charge is 2.29. The van der Waals surface area contributed by atoms with Crippen LogP contribution in [-0.2, 0) is 16.4 Å². The lowest BCUT2D eigenvalue weighted by atomic mass is 10.1. The monoisotopic (exact) mass is 379 g/mol. The third-order valence-electron chi connectivity index (χ3n) is 4.01. The smallest absolute Gasteiger partial charge is 0.255 e. The average Bonchev–Trinajstić information content (AvgIpc) is 2.93. The first-order chi connectivity index (χ1) is 11.9. The first-order valence-electron chi connectivity index (χ1n) is 7.90. The first kappa shape index (κ1) is 17.8. The van der Waals surface area contributed by atoms with Gasteiger partial charge in [0.2, 0.25) is 0 Å². The Hall–Kier alpha value is -2.05. The van der Waals surface area contributed by atoms with Crippen molar-refractivity contribution < 1.29 is 17.9 Å². The molecule has 0 saturated carbocycles. The summed E-state index contributed by atoms with van der Waals surface area (Å²) in [6.07, 6.45) is 0.446. The molecule has 1 heterocycles. The summed E-state index contributed by atoms with van der Waals surface area (Å²) >= 11 is 5.86. The number of carbonyl (C=O) groups excluding carboxylic acids is 1. The van der Waals surface area contributed by atoms with E-state index in [-0.39, 0.29) is 23.5 Å². The Balaban J connectivity index is 1.67. The van der Waals surface area contributed by atoms with Gasteiger partial charge in [-0.1, -0.05) is 35.9 Å². The van der Waals surface area contributed by atoms with E-state index in [0.29, 0.717) is 29.4 Å². The van der Waals surface area contributed by atoms with Crippen LogP contribution >= 0.6 is 11.6 Å². The first-order valence-corrected chi connectivity index (χ1v) is 10.1. The number of rotatable bonds is 5. The van der Waals surface area contributed by atoms with Crippen molar-refractivity contribution >= 4 is 27.3 Å². The van der Waals surface area contributed by atoms with Gasteiger partial charge in [0.05, 0.1) is 17.1 Å². The second kappa shape index (κ2) is 7.45. The van der Waals surface area contributed by atoms with E-state index in [0.717, 1.165) is 5.56 Å². The number of nitrogens with one attached hydrogen (secondary N) is 1. The molecule has 1 atom stereocenters. The minimum atomic E-state index is -3.04. The van der Waals surface area contributed by atoms with Crippen LogP contribution in [0.25, 0.3) is 0 Å². The van der Waals surface area contributed by atoms with Crippen LogP contribution in [0.3, 0.4) is 0 Å². The summed E-state index contributed by atoms with van der Waals surface area (Å²) in [5.74, 6) is 0.240. The molecule has 1 aliphatic heterocycles. The van der Waals surface area contributed by atoms with E-state index in [1.165, 1.54) is 0 Å². The molecule has 25 heavy (non-hydrogen) atoms. The maximum absolute atomic E-state index is 12.5. The van der Waals surface area contributed by atoms with Crippen molar-refractivity contribution in [2.75, 3.05) is 11.5 Å². The summed E-state index contributed by atoms with van der Waals surface area (Å²) in [5, 5.41) is 3.43. The summed E-state index contributed by atoms with van der Waals surface area (Å²) in [6, 6.07) is 13.8. The van der Waals surface area contributed by atoms with Gasteiger partial charge >= 0.3 is 0 Å². The van der Waals surface area contributed by atoms with E-state index >= 15 is 0 Å². The van der Waals surface area contributed by atoms with Crippen molar-refractivity contribution in [3.63, 3.8) is 0 Å². The molecule has 0 aromatic heterocycles. The third kappa shape index (κ3) is 4.74. The average molecular weight is 380 g/mol. The van der Waals surface area contributed by atoms with E-state index in [2.05, 4.69) is 5.32 Å². The van der Waals surface area contributed by atoms with Crippen molar-refractivity contribution in [1.82, 2.24) is 5.32 Å². The van der Waals surface area contributed by atoms with E-state index in [1.807, 2.05) is 12.1 Å². The van der Waals surface area contributed by atoms with E-state index in [1.54, 1.807) is 36.4 Å². The SMILES string of the molecule is O=C(N[C@H]1CCS(=O)(=O)C1)c1ccccc1OCc1ccc(Cl)cc1. The lowest BCUT2D eigenvalue weighted by Crippen LogP contribution is -2.35. The van der Waals surface area contributed by atoms with E-state index in [9.17, 15) is 13.2 Å². The van der Waals surface area contributed by atoms with Gasteiger partial charge in [0, 0.05) is 11.1 Å². The Morgan fingerprint density at radius 2 is 1.88 bits per heavy atom. The van der Waals surface area contributed by atoms with Gasteiger partial charge < -0.3 is 10.1 Å². The summed E-state index contributed by atoms with van der Waals surface area (Å²) < 4.78 is 28.8. The lowest BCUT2D eigenvalue weighted by Gasteiger charge is -2.14. The number of halogens is 1. The van der Waals surface area contributed by atoms with Crippen molar-refractivity contribution in [2.45, 2.75) is 19.1 Å². The van der Waals surface area contributed by atoms with Crippen molar-refractivity contribution in [2.24, 2.45) is 0 Å². The molecule has 0 radical (unpaired) electrons.